The molecule has 1 aromatic rings. The Kier molecular flexibility index (Phi) is 5.34. The third kappa shape index (κ3) is 3.74. The van der Waals surface area contributed by atoms with Gasteiger partial charge in [0.2, 0.25) is 15.9 Å². The van der Waals surface area contributed by atoms with Crippen LogP contribution in [0.5, 0.6) is 0 Å². The standard InChI is InChI=1S/C18H22N2O6S/c1-12(21)13-2-4-14(5-3-13)27(25,26)20-10-8-19(9-11-20)17(22)15-6-7-16(15)18(23)24/h2-5,15-16H,6-11H2,1H3,(H,23,24). The van der Waals surface area contributed by atoms with E-state index in [4.69, 9.17) is 5.11 Å². The molecule has 1 amide bonds. The minimum absolute atomic E-state index is 0.109. The molecule has 9 heteroatoms. The van der Waals surface area contributed by atoms with E-state index in [-0.39, 0.29) is 42.8 Å². The lowest BCUT2D eigenvalue weighted by Gasteiger charge is -2.40. The molecule has 0 spiro atoms. The summed E-state index contributed by atoms with van der Waals surface area (Å²) in [4.78, 5) is 36.6. The first-order chi connectivity index (χ1) is 12.7. The molecule has 2 aliphatic rings. The molecule has 0 aromatic heterocycles. The van der Waals surface area contributed by atoms with Crippen molar-refractivity contribution < 1.29 is 27.9 Å². The van der Waals surface area contributed by atoms with Gasteiger partial charge in [-0.3, -0.25) is 14.4 Å². The minimum atomic E-state index is -3.70. The Hall–Kier alpha value is -2.26. The van der Waals surface area contributed by atoms with E-state index in [1.165, 1.54) is 35.5 Å². The highest BCUT2D eigenvalue weighted by Gasteiger charge is 2.44. The van der Waals surface area contributed by atoms with E-state index in [0.717, 1.165) is 0 Å². The second-order valence-corrected chi connectivity index (χ2v) is 8.88. The maximum atomic E-state index is 12.7. The van der Waals surface area contributed by atoms with Gasteiger partial charge >= 0.3 is 5.97 Å². The van der Waals surface area contributed by atoms with Crippen molar-refractivity contribution in [2.75, 3.05) is 26.2 Å². The van der Waals surface area contributed by atoms with E-state index >= 15 is 0 Å². The fourth-order valence-electron chi connectivity index (χ4n) is 3.49. The Bertz CT molecular complexity index is 856. The fraction of sp³-hybridized carbons (Fsp3) is 0.500. The molecule has 1 aliphatic heterocycles. The zero-order valence-corrected chi connectivity index (χ0v) is 15.8. The number of carboxylic acids is 1. The zero-order chi connectivity index (χ0) is 19.8. The lowest BCUT2D eigenvalue weighted by Crippen LogP contribution is -2.54. The maximum Gasteiger partial charge on any atom is 0.307 e. The first kappa shape index (κ1) is 19.5. The highest BCUT2D eigenvalue weighted by Crippen LogP contribution is 2.36. The highest BCUT2D eigenvalue weighted by molar-refractivity contribution is 7.89. The molecule has 3 rings (SSSR count). The van der Waals surface area contributed by atoms with Gasteiger partial charge in [0.1, 0.15) is 0 Å². The van der Waals surface area contributed by atoms with Gasteiger partial charge in [-0.05, 0) is 31.9 Å². The van der Waals surface area contributed by atoms with Gasteiger partial charge in [-0.25, -0.2) is 8.42 Å². The minimum Gasteiger partial charge on any atom is -0.481 e. The third-order valence-electron chi connectivity index (χ3n) is 5.36. The number of rotatable bonds is 5. The average molecular weight is 394 g/mol. The molecule has 2 unspecified atom stereocenters. The van der Waals surface area contributed by atoms with Gasteiger partial charge in [0.15, 0.2) is 5.78 Å². The summed E-state index contributed by atoms with van der Waals surface area (Å²) in [5.41, 5.74) is 0.442. The summed E-state index contributed by atoms with van der Waals surface area (Å²) < 4.78 is 26.8. The van der Waals surface area contributed by atoms with E-state index < -0.39 is 27.8 Å². The number of ketones is 1. The van der Waals surface area contributed by atoms with E-state index in [1.807, 2.05) is 0 Å². The molecule has 27 heavy (non-hydrogen) atoms. The predicted octanol–water partition coefficient (Wildman–Crippen LogP) is 0.833. The Morgan fingerprint density at radius 2 is 1.52 bits per heavy atom. The van der Waals surface area contributed by atoms with Crippen molar-refractivity contribution in [3.05, 3.63) is 29.8 Å². The molecule has 0 bridgehead atoms. The first-order valence-corrected chi connectivity index (χ1v) is 10.3. The van der Waals surface area contributed by atoms with Gasteiger partial charge in [0, 0.05) is 31.7 Å². The normalized spacial score (nSPS) is 23.5. The van der Waals surface area contributed by atoms with Crippen LogP contribution < -0.4 is 0 Å². The number of amides is 1. The lowest BCUT2D eigenvalue weighted by molar-refractivity contribution is -0.157. The van der Waals surface area contributed by atoms with Crippen LogP contribution in [0.1, 0.15) is 30.1 Å². The summed E-state index contributed by atoms with van der Waals surface area (Å²) in [6, 6.07) is 5.79. The number of Topliss-reactive ketones (excluding diaryl/α,β-unsaturated/α-hetero) is 1. The Balaban J connectivity index is 1.63. The van der Waals surface area contributed by atoms with Crippen molar-refractivity contribution in [3.8, 4) is 0 Å². The number of hydrogen-bond donors (Lipinski definition) is 1. The molecule has 2 fully saturated rings. The summed E-state index contributed by atoms with van der Waals surface area (Å²) in [6.07, 6.45) is 1.08. The predicted molar refractivity (Wildman–Crippen MR) is 95.6 cm³/mol. The van der Waals surface area contributed by atoms with Gasteiger partial charge < -0.3 is 10.0 Å². The fourth-order valence-corrected chi connectivity index (χ4v) is 4.91. The highest BCUT2D eigenvalue weighted by atomic mass is 32.2. The van der Waals surface area contributed by atoms with Crippen molar-refractivity contribution in [2.45, 2.75) is 24.7 Å². The molecule has 8 nitrogen and oxygen atoms in total. The third-order valence-corrected chi connectivity index (χ3v) is 7.27. The van der Waals surface area contributed by atoms with Gasteiger partial charge in [0.05, 0.1) is 16.7 Å². The number of nitrogens with zero attached hydrogens (tertiary/aromatic N) is 2. The van der Waals surface area contributed by atoms with Gasteiger partial charge in [0.25, 0.3) is 0 Å². The SMILES string of the molecule is CC(=O)c1ccc(S(=O)(=O)N2CCN(C(=O)C3CCC3C(=O)O)CC2)cc1. The van der Waals surface area contributed by atoms with Gasteiger partial charge in [-0.15, -0.1) is 0 Å². The van der Waals surface area contributed by atoms with Crippen molar-refractivity contribution in [3.63, 3.8) is 0 Å². The molecule has 1 aliphatic carbocycles. The molecule has 1 heterocycles. The topological polar surface area (TPSA) is 112 Å². The van der Waals surface area contributed by atoms with Crippen molar-refractivity contribution in [2.24, 2.45) is 11.8 Å². The lowest BCUT2D eigenvalue weighted by atomic mass is 9.73. The van der Waals surface area contributed by atoms with Crippen molar-refractivity contribution >= 4 is 27.7 Å². The van der Waals surface area contributed by atoms with E-state index in [0.29, 0.717) is 18.4 Å². The smallest absolute Gasteiger partial charge is 0.307 e. The first-order valence-electron chi connectivity index (χ1n) is 8.84. The monoisotopic (exact) mass is 394 g/mol. The molecule has 1 saturated heterocycles. The van der Waals surface area contributed by atoms with Gasteiger partial charge in [-0.1, -0.05) is 12.1 Å². The van der Waals surface area contributed by atoms with Crippen molar-refractivity contribution in [1.29, 1.82) is 0 Å². The zero-order valence-electron chi connectivity index (χ0n) is 15.0. The van der Waals surface area contributed by atoms with E-state index in [1.54, 1.807) is 4.90 Å². The van der Waals surface area contributed by atoms with Crippen molar-refractivity contribution in [1.82, 2.24) is 9.21 Å². The number of benzene rings is 1. The Morgan fingerprint density at radius 1 is 0.963 bits per heavy atom. The summed E-state index contributed by atoms with van der Waals surface area (Å²) in [7, 11) is -3.70. The summed E-state index contributed by atoms with van der Waals surface area (Å²) in [5, 5.41) is 9.10. The van der Waals surface area contributed by atoms with Crippen LogP contribution in [-0.4, -0.2) is 66.6 Å². The number of aliphatic carboxylic acids is 1. The number of piperazine rings is 1. The molecule has 0 radical (unpaired) electrons. The summed E-state index contributed by atoms with van der Waals surface area (Å²) >= 11 is 0. The van der Waals surface area contributed by atoms with Crippen LogP contribution in [0.15, 0.2) is 29.2 Å². The largest absolute Gasteiger partial charge is 0.481 e. The summed E-state index contributed by atoms with van der Waals surface area (Å²) in [5.74, 6) is -2.41. The molecular formula is C18H22N2O6S. The molecule has 146 valence electrons. The van der Waals surface area contributed by atoms with E-state index in [2.05, 4.69) is 0 Å². The van der Waals surface area contributed by atoms with Crippen LogP contribution >= 0.6 is 0 Å². The van der Waals surface area contributed by atoms with Crippen LogP contribution in [0.3, 0.4) is 0 Å². The van der Waals surface area contributed by atoms with Crippen LogP contribution in [0.2, 0.25) is 0 Å². The molecule has 1 aromatic carbocycles. The Labute approximate surface area is 157 Å². The number of carbonyl (C=O) groups is 3. The van der Waals surface area contributed by atoms with Crippen LogP contribution in [-0.2, 0) is 19.6 Å². The number of sulfonamides is 1. The second-order valence-electron chi connectivity index (χ2n) is 6.94. The molecule has 1 saturated carbocycles. The number of carboxylic acid groups (broad SMARTS) is 1. The molecule has 1 N–H and O–H groups in total. The quantitative estimate of drug-likeness (QED) is 0.741. The summed E-state index contributed by atoms with van der Waals surface area (Å²) in [6.45, 7) is 2.22. The number of carbonyl (C=O) groups excluding carboxylic acids is 2. The molecular weight excluding hydrogens is 372 g/mol. The van der Waals surface area contributed by atoms with E-state index in [9.17, 15) is 22.8 Å². The Morgan fingerprint density at radius 3 is 1.96 bits per heavy atom. The number of hydrogen-bond acceptors (Lipinski definition) is 5. The van der Waals surface area contributed by atoms with Gasteiger partial charge in [-0.2, -0.15) is 4.31 Å². The average Bonchev–Trinajstić information content (AvgIpc) is 2.60. The van der Waals surface area contributed by atoms with Crippen LogP contribution in [0.25, 0.3) is 0 Å². The molecule has 2 atom stereocenters. The second kappa shape index (κ2) is 7.40. The maximum absolute atomic E-state index is 12.7. The van der Waals surface area contributed by atoms with Crippen LogP contribution in [0.4, 0.5) is 0 Å². The van der Waals surface area contributed by atoms with Crippen LogP contribution in [0, 0.1) is 11.8 Å².